The molecule has 0 bridgehead atoms. The van der Waals surface area contributed by atoms with Crippen molar-refractivity contribution in [2.75, 3.05) is 7.11 Å². The van der Waals surface area contributed by atoms with Crippen LogP contribution in [0.1, 0.15) is 26.7 Å². The van der Waals surface area contributed by atoms with E-state index in [2.05, 4.69) is 24.7 Å². The first-order valence-corrected chi connectivity index (χ1v) is 4.10. The summed E-state index contributed by atoms with van der Waals surface area (Å²) in [4.78, 5) is 10.6. The van der Waals surface area contributed by atoms with Gasteiger partial charge in [-0.25, -0.2) is 4.79 Å². The van der Waals surface area contributed by atoms with Crippen LogP contribution in [0, 0.1) is 0 Å². The monoisotopic (exact) mass is 168 g/mol. The Morgan fingerprint density at radius 1 is 1.50 bits per heavy atom. The Kier molecular flexibility index (Phi) is 6.07. The summed E-state index contributed by atoms with van der Waals surface area (Å²) in [5.74, 6) is -0.294. The van der Waals surface area contributed by atoms with Gasteiger partial charge in [-0.05, 0) is 19.8 Å². The SMILES string of the molecule is CC/C(C)=C\C/C=C/C(=O)OC. The Morgan fingerprint density at radius 3 is 2.67 bits per heavy atom. The van der Waals surface area contributed by atoms with Gasteiger partial charge in [0, 0.05) is 6.08 Å². The van der Waals surface area contributed by atoms with Gasteiger partial charge in [0.15, 0.2) is 0 Å². The second-order valence-corrected chi connectivity index (χ2v) is 2.57. The van der Waals surface area contributed by atoms with Crippen LogP contribution in [0.2, 0.25) is 0 Å². The lowest BCUT2D eigenvalue weighted by molar-refractivity contribution is -0.134. The number of allylic oxidation sites excluding steroid dienone is 3. The van der Waals surface area contributed by atoms with E-state index in [1.165, 1.54) is 18.8 Å². The number of hydrogen-bond donors (Lipinski definition) is 0. The summed E-state index contributed by atoms with van der Waals surface area (Å²) in [6, 6.07) is 0. The first-order valence-electron chi connectivity index (χ1n) is 4.10. The van der Waals surface area contributed by atoms with Gasteiger partial charge < -0.3 is 4.74 Å². The molecule has 0 aromatic heterocycles. The molecule has 0 saturated carbocycles. The van der Waals surface area contributed by atoms with Crippen molar-refractivity contribution in [1.82, 2.24) is 0 Å². The molecular weight excluding hydrogens is 152 g/mol. The predicted octanol–water partition coefficient (Wildman–Crippen LogP) is 2.46. The zero-order valence-corrected chi connectivity index (χ0v) is 7.96. The Labute approximate surface area is 73.9 Å². The Hall–Kier alpha value is -1.05. The number of carbonyl (C=O) groups excluding carboxylic acids is 1. The van der Waals surface area contributed by atoms with Crippen LogP contribution in [-0.2, 0) is 9.53 Å². The van der Waals surface area contributed by atoms with E-state index < -0.39 is 0 Å². The zero-order valence-electron chi connectivity index (χ0n) is 7.96. The molecule has 0 N–H and O–H groups in total. The van der Waals surface area contributed by atoms with Gasteiger partial charge in [-0.3, -0.25) is 0 Å². The van der Waals surface area contributed by atoms with E-state index in [1.54, 1.807) is 6.08 Å². The van der Waals surface area contributed by atoms with E-state index in [9.17, 15) is 4.79 Å². The molecule has 12 heavy (non-hydrogen) atoms. The Morgan fingerprint density at radius 2 is 2.17 bits per heavy atom. The van der Waals surface area contributed by atoms with E-state index in [1.807, 2.05) is 0 Å². The zero-order chi connectivity index (χ0) is 9.40. The molecule has 2 nitrogen and oxygen atoms in total. The molecule has 0 heterocycles. The van der Waals surface area contributed by atoms with Crippen LogP contribution in [0.3, 0.4) is 0 Å². The third-order valence-electron chi connectivity index (χ3n) is 1.62. The number of esters is 1. The van der Waals surface area contributed by atoms with Crippen LogP contribution in [0.15, 0.2) is 23.8 Å². The molecule has 2 heteroatoms. The quantitative estimate of drug-likeness (QED) is 0.366. The highest BCUT2D eigenvalue weighted by molar-refractivity contribution is 5.81. The lowest BCUT2D eigenvalue weighted by Gasteiger charge is -1.91. The number of methoxy groups -OCH3 is 1. The molecule has 0 aliphatic carbocycles. The molecule has 0 aromatic carbocycles. The molecule has 68 valence electrons. The van der Waals surface area contributed by atoms with Crippen LogP contribution in [0.5, 0.6) is 0 Å². The molecule has 0 amide bonds. The second-order valence-electron chi connectivity index (χ2n) is 2.57. The van der Waals surface area contributed by atoms with Crippen molar-refractivity contribution in [3.63, 3.8) is 0 Å². The molecule has 0 rings (SSSR count). The summed E-state index contributed by atoms with van der Waals surface area (Å²) in [5, 5.41) is 0. The Bertz CT molecular complexity index is 190. The van der Waals surface area contributed by atoms with Crippen LogP contribution in [-0.4, -0.2) is 13.1 Å². The number of ether oxygens (including phenoxy) is 1. The highest BCUT2D eigenvalue weighted by atomic mass is 16.5. The van der Waals surface area contributed by atoms with Crippen molar-refractivity contribution in [3.8, 4) is 0 Å². The van der Waals surface area contributed by atoms with Gasteiger partial charge in [-0.2, -0.15) is 0 Å². The minimum Gasteiger partial charge on any atom is -0.466 e. The molecule has 0 unspecified atom stereocenters. The average molecular weight is 168 g/mol. The molecule has 0 aliphatic heterocycles. The summed E-state index contributed by atoms with van der Waals surface area (Å²) in [6.45, 7) is 4.18. The van der Waals surface area contributed by atoms with E-state index in [0.29, 0.717) is 0 Å². The van der Waals surface area contributed by atoms with Crippen molar-refractivity contribution in [1.29, 1.82) is 0 Å². The topological polar surface area (TPSA) is 26.3 Å². The van der Waals surface area contributed by atoms with Gasteiger partial charge in [-0.1, -0.05) is 24.6 Å². The van der Waals surface area contributed by atoms with Crippen molar-refractivity contribution in [3.05, 3.63) is 23.8 Å². The first-order chi connectivity index (χ1) is 5.70. The summed E-state index contributed by atoms with van der Waals surface area (Å²) >= 11 is 0. The molecule has 0 radical (unpaired) electrons. The van der Waals surface area contributed by atoms with E-state index in [4.69, 9.17) is 0 Å². The summed E-state index contributed by atoms with van der Waals surface area (Å²) < 4.78 is 4.44. The standard InChI is InChI=1S/C10H16O2/c1-4-9(2)7-5-6-8-10(11)12-3/h6-8H,4-5H2,1-3H3/b8-6+,9-7-. The predicted molar refractivity (Wildman–Crippen MR) is 49.8 cm³/mol. The number of carbonyl (C=O) groups is 1. The van der Waals surface area contributed by atoms with Crippen LogP contribution < -0.4 is 0 Å². The first kappa shape index (κ1) is 11.0. The minimum absolute atomic E-state index is 0.294. The second kappa shape index (κ2) is 6.65. The van der Waals surface area contributed by atoms with Crippen LogP contribution >= 0.6 is 0 Å². The van der Waals surface area contributed by atoms with E-state index >= 15 is 0 Å². The summed E-state index contributed by atoms with van der Waals surface area (Å²) in [6.07, 6.45) is 7.20. The van der Waals surface area contributed by atoms with E-state index in [0.717, 1.165) is 12.8 Å². The summed E-state index contributed by atoms with van der Waals surface area (Å²) in [5.41, 5.74) is 1.34. The fourth-order valence-electron chi connectivity index (χ4n) is 0.646. The third-order valence-corrected chi connectivity index (χ3v) is 1.62. The van der Waals surface area contributed by atoms with Crippen molar-refractivity contribution < 1.29 is 9.53 Å². The fourth-order valence-corrected chi connectivity index (χ4v) is 0.646. The maximum Gasteiger partial charge on any atom is 0.330 e. The lowest BCUT2D eigenvalue weighted by Crippen LogP contribution is -1.92. The molecule has 0 aromatic rings. The number of hydrogen-bond acceptors (Lipinski definition) is 2. The summed E-state index contributed by atoms with van der Waals surface area (Å²) in [7, 11) is 1.37. The van der Waals surface area contributed by atoms with Gasteiger partial charge in [0.2, 0.25) is 0 Å². The molecular formula is C10H16O2. The fraction of sp³-hybridized carbons (Fsp3) is 0.500. The largest absolute Gasteiger partial charge is 0.466 e. The van der Waals surface area contributed by atoms with Crippen molar-refractivity contribution >= 4 is 5.97 Å². The maximum absolute atomic E-state index is 10.6. The smallest absolute Gasteiger partial charge is 0.330 e. The van der Waals surface area contributed by atoms with Gasteiger partial charge in [0.05, 0.1) is 7.11 Å². The third kappa shape index (κ3) is 5.71. The molecule has 0 spiro atoms. The molecule has 0 atom stereocenters. The highest BCUT2D eigenvalue weighted by Gasteiger charge is 1.87. The van der Waals surface area contributed by atoms with Gasteiger partial charge in [0.1, 0.15) is 0 Å². The van der Waals surface area contributed by atoms with Gasteiger partial charge >= 0.3 is 5.97 Å². The van der Waals surface area contributed by atoms with Crippen LogP contribution in [0.25, 0.3) is 0 Å². The Balaban J connectivity index is 3.68. The maximum atomic E-state index is 10.6. The molecule has 0 aliphatic rings. The molecule has 0 fully saturated rings. The number of rotatable bonds is 4. The average Bonchev–Trinajstić information content (AvgIpc) is 2.11. The van der Waals surface area contributed by atoms with Gasteiger partial charge in [0.25, 0.3) is 0 Å². The van der Waals surface area contributed by atoms with Crippen LogP contribution in [0.4, 0.5) is 0 Å². The molecule has 0 saturated heterocycles. The van der Waals surface area contributed by atoms with E-state index in [-0.39, 0.29) is 5.97 Å². The van der Waals surface area contributed by atoms with Crippen molar-refractivity contribution in [2.24, 2.45) is 0 Å². The normalized spacial score (nSPS) is 12.1. The van der Waals surface area contributed by atoms with Crippen molar-refractivity contribution in [2.45, 2.75) is 26.7 Å². The minimum atomic E-state index is -0.294. The lowest BCUT2D eigenvalue weighted by atomic mass is 10.2. The highest BCUT2D eigenvalue weighted by Crippen LogP contribution is 2.00. The van der Waals surface area contributed by atoms with Gasteiger partial charge in [-0.15, -0.1) is 0 Å².